The van der Waals surface area contributed by atoms with Gasteiger partial charge >= 0.3 is 0 Å². The third-order valence-corrected chi connectivity index (χ3v) is 6.31. The van der Waals surface area contributed by atoms with Crippen LogP contribution in [0.1, 0.15) is 34.9 Å². The van der Waals surface area contributed by atoms with E-state index in [4.69, 9.17) is 4.74 Å². The van der Waals surface area contributed by atoms with E-state index in [1.165, 1.54) is 4.88 Å². The van der Waals surface area contributed by atoms with E-state index in [9.17, 15) is 10.1 Å². The van der Waals surface area contributed by atoms with Gasteiger partial charge in [-0.25, -0.2) is 0 Å². The second-order valence-electron chi connectivity index (χ2n) is 7.77. The Bertz CT molecular complexity index is 911. The number of carbonyl (C=O) groups excluding carboxylic acids is 1. The SMILES string of the molecule is C=CCOc1ccc(C[NH+](C)CC(=O)Nc2sc3c(c2C#N)CC[C@@H](C)C3)cc1. The molecule has 6 heteroatoms. The van der Waals surface area contributed by atoms with E-state index in [0.29, 0.717) is 29.6 Å². The monoisotopic (exact) mass is 410 g/mol. The first-order valence-electron chi connectivity index (χ1n) is 9.98. The predicted molar refractivity (Wildman–Crippen MR) is 116 cm³/mol. The molecule has 0 spiro atoms. The molecule has 0 bridgehead atoms. The highest BCUT2D eigenvalue weighted by Crippen LogP contribution is 2.39. The molecule has 2 atom stereocenters. The molecule has 152 valence electrons. The first-order chi connectivity index (χ1) is 14.0. The normalized spacial score (nSPS) is 16.4. The van der Waals surface area contributed by atoms with Crippen LogP contribution in [0.4, 0.5) is 5.00 Å². The lowest BCUT2D eigenvalue weighted by Crippen LogP contribution is -3.08. The highest BCUT2D eigenvalue weighted by Gasteiger charge is 2.25. The number of amides is 1. The summed E-state index contributed by atoms with van der Waals surface area (Å²) in [6.45, 7) is 7.45. The lowest BCUT2D eigenvalue weighted by molar-refractivity contribution is -0.885. The first-order valence-corrected chi connectivity index (χ1v) is 10.8. The van der Waals surface area contributed by atoms with Gasteiger partial charge in [0.25, 0.3) is 5.91 Å². The van der Waals surface area contributed by atoms with Crippen molar-refractivity contribution >= 4 is 22.2 Å². The number of anilines is 1. The predicted octanol–water partition coefficient (Wildman–Crippen LogP) is 2.96. The van der Waals surface area contributed by atoms with Crippen LogP contribution in [-0.2, 0) is 24.2 Å². The second-order valence-corrected chi connectivity index (χ2v) is 8.88. The maximum absolute atomic E-state index is 12.6. The van der Waals surface area contributed by atoms with Crippen molar-refractivity contribution in [3.05, 3.63) is 58.5 Å². The molecule has 0 radical (unpaired) electrons. The van der Waals surface area contributed by atoms with Crippen molar-refractivity contribution in [3.63, 3.8) is 0 Å². The van der Waals surface area contributed by atoms with Crippen molar-refractivity contribution in [1.82, 2.24) is 0 Å². The van der Waals surface area contributed by atoms with E-state index in [-0.39, 0.29) is 5.91 Å². The van der Waals surface area contributed by atoms with E-state index in [2.05, 4.69) is 24.9 Å². The van der Waals surface area contributed by atoms with Crippen LogP contribution in [0.3, 0.4) is 0 Å². The van der Waals surface area contributed by atoms with Gasteiger partial charge in [-0.15, -0.1) is 11.3 Å². The molecule has 0 saturated heterocycles. The smallest absolute Gasteiger partial charge is 0.280 e. The molecule has 1 amide bonds. The Morgan fingerprint density at radius 1 is 1.45 bits per heavy atom. The van der Waals surface area contributed by atoms with Gasteiger partial charge in [0.2, 0.25) is 0 Å². The average Bonchev–Trinajstić information content (AvgIpc) is 3.02. The van der Waals surface area contributed by atoms with Gasteiger partial charge in [-0.05, 0) is 55.0 Å². The van der Waals surface area contributed by atoms with Crippen molar-refractivity contribution < 1.29 is 14.4 Å². The van der Waals surface area contributed by atoms with Gasteiger partial charge in [0, 0.05) is 10.4 Å². The van der Waals surface area contributed by atoms with Gasteiger partial charge in [0.1, 0.15) is 30.0 Å². The number of ether oxygens (including phenoxy) is 1. The molecule has 0 aliphatic heterocycles. The van der Waals surface area contributed by atoms with Crippen molar-refractivity contribution in [2.24, 2.45) is 5.92 Å². The van der Waals surface area contributed by atoms with Crippen LogP contribution >= 0.6 is 11.3 Å². The lowest BCUT2D eigenvalue weighted by Gasteiger charge is -2.17. The zero-order valence-corrected chi connectivity index (χ0v) is 17.9. The molecule has 0 saturated carbocycles. The number of carbonyl (C=O) groups is 1. The fraction of sp³-hybridized carbons (Fsp3) is 0.391. The maximum Gasteiger partial charge on any atom is 0.280 e. The molecule has 1 heterocycles. The fourth-order valence-corrected chi connectivity index (χ4v) is 5.05. The fourth-order valence-electron chi connectivity index (χ4n) is 3.67. The Morgan fingerprint density at radius 3 is 2.90 bits per heavy atom. The molecule has 2 N–H and O–H groups in total. The van der Waals surface area contributed by atoms with Crippen LogP contribution in [0.25, 0.3) is 0 Å². The summed E-state index contributed by atoms with van der Waals surface area (Å²) in [5.74, 6) is 1.39. The molecule has 1 aliphatic rings. The third-order valence-electron chi connectivity index (χ3n) is 5.14. The van der Waals surface area contributed by atoms with E-state index in [1.54, 1.807) is 17.4 Å². The average molecular weight is 411 g/mol. The highest BCUT2D eigenvalue weighted by molar-refractivity contribution is 7.16. The minimum atomic E-state index is -0.0587. The number of nitrogens with one attached hydrogen (secondary N) is 2. The Balaban J connectivity index is 1.57. The zero-order chi connectivity index (χ0) is 20.8. The number of quaternary nitrogens is 1. The van der Waals surface area contributed by atoms with Crippen molar-refractivity contribution in [2.75, 3.05) is 25.5 Å². The number of hydrogen-bond donors (Lipinski definition) is 2. The Hall–Kier alpha value is -2.62. The topological polar surface area (TPSA) is 66.6 Å². The van der Waals surface area contributed by atoms with Crippen molar-refractivity contribution in [3.8, 4) is 11.8 Å². The first kappa shape index (κ1) is 21.1. The molecule has 1 aromatic carbocycles. The molecule has 29 heavy (non-hydrogen) atoms. The molecule has 1 unspecified atom stereocenters. The standard InChI is InChI=1S/C23H27N3O2S/c1-4-11-28-18-8-6-17(7-9-18)14-26(3)15-22(27)25-23-20(13-24)19-10-5-16(2)12-21(19)29-23/h4,6-9,16H,1,5,10-12,14-15H2,2-3H3,(H,25,27)/p+1/t16-/m1/s1. The molecule has 5 nitrogen and oxygen atoms in total. The Kier molecular flexibility index (Phi) is 7.08. The number of fused-ring (bicyclic) bond motifs is 1. The Morgan fingerprint density at radius 2 is 2.21 bits per heavy atom. The number of nitriles is 1. The van der Waals surface area contributed by atoms with Gasteiger partial charge in [-0.3, -0.25) is 4.79 Å². The Labute approximate surface area is 176 Å². The number of likely N-dealkylation sites (N-methyl/N-ethyl adjacent to an activating group) is 1. The number of hydrogen-bond acceptors (Lipinski definition) is 4. The summed E-state index contributed by atoms with van der Waals surface area (Å²) in [7, 11) is 1.99. The molecule has 2 aromatic rings. The second kappa shape index (κ2) is 9.73. The maximum atomic E-state index is 12.6. The molecule has 1 aliphatic carbocycles. The van der Waals surface area contributed by atoms with Crippen LogP contribution in [0.2, 0.25) is 0 Å². The van der Waals surface area contributed by atoms with Crippen LogP contribution in [0, 0.1) is 17.2 Å². The van der Waals surface area contributed by atoms with Crippen LogP contribution in [0.15, 0.2) is 36.9 Å². The van der Waals surface area contributed by atoms with Crippen LogP contribution in [0.5, 0.6) is 5.75 Å². The van der Waals surface area contributed by atoms with Gasteiger partial charge in [-0.1, -0.05) is 19.6 Å². The molecular formula is C23H28N3O2S+. The summed E-state index contributed by atoms with van der Waals surface area (Å²) >= 11 is 1.57. The van der Waals surface area contributed by atoms with E-state index >= 15 is 0 Å². The van der Waals surface area contributed by atoms with E-state index < -0.39 is 0 Å². The lowest BCUT2D eigenvalue weighted by atomic mass is 9.89. The minimum Gasteiger partial charge on any atom is -0.490 e. The largest absolute Gasteiger partial charge is 0.490 e. The summed E-state index contributed by atoms with van der Waals surface area (Å²) in [5.41, 5.74) is 2.95. The minimum absolute atomic E-state index is 0.0587. The number of nitrogens with zero attached hydrogens (tertiary/aromatic N) is 1. The van der Waals surface area contributed by atoms with E-state index in [1.807, 2.05) is 31.3 Å². The number of thiophene rings is 1. The number of rotatable bonds is 8. The van der Waals surface area contributed by atoms with Crippen LogP contribution < -0.4 is 15.0 Å². The van der Waals surface area contributed by atoms with Gasteiger partial charge in [0.15, 0.2) is 6.54 Å². The quantitative estimate of drug-likeness (QED) is 0.658. The summed E-state index contributed by atoms with van der Waals surface area (Å²) in [6, 6.07) is 10.2. The zero-order valence-electron chi connectivity index (χ0n) is 17.1. The summed E-state index contributed by atoms with van der Waals surface area (Å²) in [4.78, 5) is 14.9. The van der Waals surface area contributed by atoms with Crippen LogP contribution in [-0.4, -0.2) is 26.1 Å². The summed E-state index contributed by atoms with van der Waals surface area (Å²) < 4.78 is 5.49. The highest BCUT2D eigenvalue weighted by atomic mass is 32.1. The molecule has 0 fully saturated rings. The van der Waals surface area contributed by atoms with Gasteiger partial charge in [-0.2, -0.15) is 5.26 Å². The van der Waals surface area contributed by atoms with Crippen molar-refractivity contribution in [2.45, 2.75) is 32.7 Å². The van der Waals surface area contributed by atoms with Gasteiger partial charge in [0.05, 0.1) is 12.6 Å². The molecular weight excluding hydrogens is 382 g/mol. The third kappa shape index (κ3) is 5.47. The summed E-state index contributed by atoms with van der Waals surface area (Å²) in [6.07, 6.45) is 4.76. The molecule has 1 aromatic heterocycles. The summed E-state index contributed by atoms with van der Waals surface area (Å²) in [5, 5.41) is 13.3. The van der Waals surface area contributed by atoms with E-state index in [0.717, 1.165) is 47.6 Å². The van der Waals surface area contributed by atoms with Gasteiger partial charge < -0.3 is 15.0 Å². The number of benzene rings is 1. The molecule has 3 rings (SSSR count). The van der Waals surface area contributed by atoms with Crippen molar-refractivity contribution in [1.29, 1.82) is 5.26 Å².